The van der Waals surface area contributed by atoms with Crippen molar-refractivity contribution >= 4 is 5.91 Å². The summed E-state index contributed by atoms with van der Waals surface area (Å²) in [4.78, 5) is 12.1. The fourth-order valence-corrected chi connectivity index (χ4v) is 2.16. The molecular formula is C17H24N2O. The van der Waals surface area contributed by atoms with Crippen LogP contribution in [0.2, 0.25) is 0 Å². The van der Waals surface area contributed by atoms with Crippen LogP contribution in [0, 0.1) is 24.7 Å². The number of amides is 1. The van der Waals surface area contributed by atoms with Crippen LogP contribution >= 0.6 is 0 Å². The SMILES string of the molecule is Cc1cc(C(=O)NC(C)CC(C)C)ccc1C#CCN. The summed E-state index contributed by atoms with van der Waals surface area (Å²) in [7, 11) is 0. The average Bonchev–Trinajstić information content (AvgIpc) is 2.36. The van der Waals surface area contributed by atoms with Gasteiger partial charge in [0, 0.05) is 17.2 Å². The largest absolute Gasteiger partial charge is 0.350 e. The molecule has 0 aromatic heterocycles. The molecule has 3 N–H and O–H groups in total. The summed E-state index contributed by atoms with van der Waals surface area (Å²) >= 11 is 0. The summed E-state index contributed by atoms with van der Waals surface area (Å²) in [6.07, 6.45) is 0.977. The van der Waals surface area contributed by atoms with Crippen molar-refractivity contribution in [1.29, 1.82) is 0 Å². The first-order chi connectivity index (χ1) is 9.43. The van der Waals surface area contributed by atoms with Crippen LogP contribution in [0.1, 0.15) is 48.7 Å². The Morgan fingerprint density at radius 1 is 1.35 bits per heavy atom. The Hall–Kier alpha value is -1.79. The van der Waals surface area contributed by atoms with Crippen LogP contribution in [-0.2, 0) is 0 Å². The second-order valence-corrected chi connectivity index (χ2v) is 5.54. The van der Waals surface area contributed by atoms with Crippen molar-refractivity contribution < 1.29 is 4.79 Å². The van der Waals surface area contributed by atoms with Crippen molar-refractivity contribution in [2.75, 3.05) is 6.54 Å². The molecule has 0 heterocycles. The van der Waals surface area contributed by atoms with E-state index >= 15 is 0 Å². The van der Waals surface area contributed by atoms with E-state index in [4.69, 9.17) is 5.73 Å². The van der Waals surface area contributed by atoms with E-state index in [-0.39, 0.29) is 11.9 Å². The maximum atomic E-state index is 12.1. The highest BCUT2D eigenvalue weighted by Crippen LogP contribution is 2.11. The van der Waals surface area contributed by atoms with Crippen molar-refractivity contribution in [2.24, 2.45) is 11.7 Å². The number of carbonyl (C=O) groups excluding carboxylic acids is 1. The standard InChI is InChI=1S/C17H24N2O/c1-12(2)10-14(4)19-17(20)16-8-7-15(6-5-9-18)13(3)11-16/h7-8,11-12,14H,9-10,18H2,1-4H3,(H,19,20). The molecule has 3 heteroatoms. The monoisotopic (exact) mass is 272 g/mol. The molecule has 1 aromatic carbocycles. The summed E-state index contributed by atoms with van der Waals surface area (Å²) in [6, 6.07) is 5.74. The predicted molar refractivity (Wildman–Crippen MR) is 83.5 cm³/mol. The quantitative estimate of drug-likeness (QED) is 0.827. The zero-order valence-electron chi connectivity index (χ0n) is 12.8. The minimum absolute atomic E-state index is 0.0282. The third kappa shape index (κ3) is 5.07. The average molecular weight is 272 g/mol. The minimum Gasteiger partial charge on any atom is -0.350 e. The number of aryl methyl sites for hydroxylation is 1. The molecule has 0 bridgehead atoms. The highest BCUT2D eigenvalue weighted by atomic mass is 16.1. The summed E-state index contributed by atoms with van der Waals surface area (Å²) in [5.41, 5.74) is 7.95. The van der Waals surface area contributed by atoms with Gasteiger partial charge >= 0.3 is 0 Å². The molecule has 0 aliphatic rings. The number of hydrogen-bond donors (Lipinski definition) is 2. The topological polar surface area (TPSA) is 55.1 Å². The molecular weight excluding hydrogens is 248 g/mol. The van der Waals surface area contributed by atoms with Gasteiger partial charge in [0.15, 0.2) is 0 Å². The van der Waals surface area contributed by atoms with Gasteiger partial charge in [-0.15, -0.1) is 0 Å². The normalized spacial score (nSPS) is 11.7. The van der Waals surface area contributed by atoms with Crippen LogP contribution < -0.4 is 11.1 Å². The van der Waals surface area contributed by atoms with Gasteiger partial charge in [0.2, 0.25) is 0 Å². The van der Waals surface area contributed by atoms with E-state index in [0.717, 1.165) is 17.5 Å². The third-order valence-corrected chi connectivity index (χ3v) is 3.02. The van der Waals surface area contributed by atoms with Gasteiger partial charge in [0.25, 0.3) is 5.91 Å². The Morgan fingerprint density at radius 2 is 2.05 bits per heavy atom. The van der Waals surface area contributed by atoms with Crippen LogP contribution in [0.25, 0.3) is 0 Å². The maximum absolute atomic E-state index is 12.1. The first-order valence-corrected chi connectivity index (χ1v) is 7.04. The number of benzene rings is 1. The molecule has 1 atom stereocenters. The molecule has 1 rings (SSSR count). The van der Waals surface area contributed by atoms with Gasteiger partial charge in [-0.25, -0.2) is 0 Å². The lowest BCUT2D eigenvalue weighted by Gasteiger charge is -2.16. The zero-order chi connectivity index (χ0) is 15.1. The molecule has 0 fully saturated rings. The van der Waals surface area contributed by atoms with E-state index in [1.54, 1.807) is 0 Å². The molecule has 0 saturated carbocycles. The number of rotatable bonds is 4. The first-order valence-electron chi connectivity index (χ1n) is 7.04. The van der Waals surface area contributed by atoms with Crippen molar-refractivity contribution in [3.63, 3.8) is 0 Å². The lowest BCUT2D eigenvalue weighted by atomic mass is 10.0. The molecule has 0 aliphatic heterocycles. The van der Waals surface area contributed by atoms with Crippen molar-refractivity contribution in [3.05, 3.63) is 34.9 Å². The Bertz CT molecular complexity index is 524. The second-order valence-electron chi connectivity index (χ2n) is 5.54. The third-order valence-electron chi connectivity index (χ3n) is 3.02. The molecule has 0 spiro atoms. The van der Waals surface area contributed by atoms with E-state index in [1.807, 2.05) is 32.0 Å². The van der Waals surface area contributed by atoms with Gasteiger partial charge < -0.3 is 11.1 Å². The van der Waals surface area contributed by atoms with Gasteiger partial charge in [-0.1, -0.05) is 25.7 Å². The van der Waals surface area contributed by atoms with Gasteiger partial charge in [-0.3, -0.25) is 4.79 Å². The molecule has 20 heavy (non-hydrogen) atoms. The molecule has 0 aliphatic carbocycles. The number of hydrogen-bond acceptors (Lipinski definition) is 2. The first kappa shape index (κ1) is 16.3. The Morgan fingerprint density at radius 3 is 2.60 bits per heavy atom. The van der Waals surface area contributed by atoms with Crippen LogP contribution in [0.5, 0.6) is 0 Å². The molecule has 1 unspecified atom stereocenters. The molecule has 1 amide bonds. The van der Waals surface area contributed by atoms with E-state index in [1.165, 1.54) is 0 Å². The Labute approximate surface area is 121 Å². The van der Waals surface area contributed by atoms with Gasteiger partial charge in [0.05, 0.1) is 6.54 Å². The summed E-state index contributed by atoms with van der Waals surface area (Å²) < 4.78 is 0. The number of carbonyl (C=O) groups is 1. The van der Waals surface area contributed by atoms with Crippen molar-refractivity contribution in [1.82, 2.24) is 5.32 Å². The van der Waals surface area contributed by atoms with Gasteiger partial charge in [-0.05, 0) is 49.9 Å². The smallest absolute Gasteiger partial charge is 0.251 e. The van der Waals surface area contributed by atoms with E-state index in [2.05, 4.69) is 31.0 Å². The number of nitrogens with one attached hydrogen (secondary N) is 1. The van der Waals surface area contributed by atoms with Crippen LogP contribution in [-0.4, -0.2) is 18.5 Å². The Kier molecular flexibility index (Phi) is 6.27. The molecule has 0 radical (unpaired) electrons. The highest BCUT2D eigenvalue weighted by molar-refractivity contribution is 5.94. The summed E-state index contributed by atoms with van der Waals surface area (Å²) in [6.45, 7) is 8.63. The molecule has 1 aromatic rings. The molecule has 108 valence electrons. The maximum Gasteiger partial charge on any atom is 0.251 e. The lowest BCUT2D eigenvalue weighted by Crippen LogP contribution is -2.33. The van der Waals surface area contributed by atoms with Crippen LogP contribution in [0.15, 0.2) is 18.2 Å². The molecule has 0 saturated heterocycles. The van der Waals surface area contributed by atoms with Crippen LogP contribution in [0.3, 0.4) is 0 Å². The number of nitrogens with two attached hydrogens (primary N) is 1. The van der Waals surface area contributed by atoms with Gasteiger partial charge in [-0.2, -0.15) is 0 Å². The fourth-order valence-electron chi connectivity index (χ4n) is 2.16. The van der Waals surface area contributed by atoms with E-state index < -0.39 is 0 Å². The lowest BCUT2D eigenvalue weighted by molar-refractivity contribution is 0.0936. The summed E-state index contributed by atoms with van der Waals surface area (Å²) in [5, 5.41) is 3.02. The zero-order valence-corrected chi connectivity index (χ0v) is 12.8. The van der Waals surface area contributed by atoms with E-state index in [0.29, 0.717) is 18.0 Å². The van der Waals surface area contributed by atoms with E-state index in [9.17, 15) is 4.79 Å². The Balaban J connectivity index is 2.77. The van der Waals surface area contributed by atoms with Crippen molar-refractivity contribution in [3.8, 4) is 11.8 Å². The van der Waals surface area contributed by atoms with Gasteiger partial charge in [0.1, 0.15) is 0 Å². The van der Waals surface area contributed by atoms with Crippen LogP contribution in [0.4, 0.5) is 0 Å². The predicted octanol–water partition coefficient (Wildman–Crippen LogP) is 2.47. The fraction of sp³-hybridized carbons (Fsp3) is 0.471. The highest BCUT2D eigenvalue weighted by Gasteiger charge is 2.11. The second kappa shape index (κ2) is 7.72. The summed E-state index contributed by atoms with van der Waals surface area (Å²) in [5.74, 6) is 6.37. The van der Waals surface area contributed by atoms with Crippen molar-refractivity contribution in [2.45, 2.75) is 40.2 Å². The minimum atomic E-state index is -0.0282. The molecule has 3 nitrogen and oxygen atoms in total.